The molecule has 0 radical (unpaired) electrons. The average molecular weight is 318 g/mol. The normalized spacial score (nSPS) is 12.1. The van der Waals surface area contributed by atoms with Crippen LogP contribution < -0.4 is 5.32 Å². The number of aromatic nitrogens is 4. The number of hydrogen-bond acceptors (Lipinski definition) is 4. The van der Waals surface area contributed by atoms with Gasteiger partial charge in [-0.25, -0.2) is 19.3 Å². The Hall–Kier alpha value is -2.47. The van der Waals surface area contributed by atoms with Gasteiger partial charge in [0.2, 0.25) is 5.95 Å². The van der Waals surface area contributed by atoms with E-state index in [4.69, 9.17) is 11.6 Å². The molecule has 0 aliphatic rings. The van der Waals surface area contributed by atoms with Crippen LogP contribution in [0.3, 0.4) is 0 Å². The van der Waals surface area contributed by atoms with Gasteiger partial charge in [0.25, 0.3) is 0 Å². The predicted octanol–water partition coefficient (Wildman–Crippen LogP) is 3.20. The summed E-state index contributed by atoms with van der Waals surface area (Å²) in [6, 6.07) is 5.97. The molecule has 0 saturated heterocycles. The van der Waals surface area contributed by atoms with Crippen LogP contribution >= 0.6 is 11.6 Å². The van der Waals surface area contributed by atoms with Crippen molar-refractivity contribution in [1.82, 2.24) is 19.5 Å². The first-order valence-corrected chi connectivity index (χ1v) is 6.98. The molecule has 22 heavy (non-hydrogen) atoms. The Bertz CT molecular complexity index is 772. The van der Waals surface area contributed by atoms with E-state index in [9.17, 15) is 4.39 Å². The maximum absolute atomic E-state index is 13.6. The van der Waals surface area contributed by atoms with Gasteiger partial charge < -0.3 is 9.88 Å². The van der Waals surface area contributed by atoms with Crippen molar-refractivity contribution < 1.29 is 4.39 Å². The molecule has 3 rings (SSSR count). The van der Waals surface area contributed by atoms with Crippen molar-refractivity contribution >= 4 is 17.5 Å². The van der Waals surface area contributed by atoms with E-state index in [1.54, 1.807) is 12.3 Å². The summed E-state index contributed by atoms with van der Waals surface area (Å²) in [5.74, 6) is 0.807. The fraction of sp³-hybridized carbons (Fsp3) is 0.133. The van der Waals surface area contributed by atoms with Gasteiger partial charge in [0.1, 0.15) is 17.7 Å². The molecule has 3 aromatic rings. The monoisotopic (exact) mass is 317 g/mol. The molecule has 0 amide bonds. The minimum absolute atomic E-state index is 0.310. The van der Waals surface area contributed by atoms with Gasteiger partial charge in [-0.3, -0.25) is 0 Å². The Morgan fingerprint density at radius 2 is 2.00 bits per heavy atom. The molecule has 112 valence electrons. The van der Waals surface area contributed by atoms with E-state index >= 15 is 0 Å². The Morgan fingerprint density at radius 1 is 1.23 bits per heavy atom. The van der Waals surface area contributed by atoms with E-state index in [0.29, 0.717) is 11.0 Å². The summed E-state index contributed by atoms with van der Waals surface area (Å²) in [6.45, 7) is 0. The third-order valence-corrected chi connectivity index (χ3v) is 3.39. The van der Waals surface area contributed by atoms with E-state index in [1.807, 2.05) is 23.9 Å². The van der Waals surface area contributed by atoms with Gasteiger partial charge in [0.15, 0.2) is 0 Å². The molecule has 1 aromatic carbocycles. The number of nitrogens with zero attached hydrogens (tertiary/aromatic N) is 4. The predicted molar refractivity (Wildman–Crippen MR) is 82.1 cm³/mol. The van der Waals surface area contributed by atoms with Crippen LogP contribution in [0.5, 0.6) is 0 Å². The lowest BCUT2D eigenvalue weighted by molar-refractivity contribution is 0.622. The summed E-state index contributed by atoms with van der Waals surface area (Å²) in [4.78, 5) is 12.6. The number of halogens is 2. The number of nitrogens with one attached hydrogen (secondary N) is 1. The molecule has 0 aliphatic heterocycles. The highest BCUT2D eigenvalue weighted by Gasteiger charge is 2.19. The van der Waals surface area contributed by atoms with Gasteiger partial charge in [-0.15, -0.1) is 0 Å². The van der Waals surface area contributed by atoms with E-state index < -0.39 is 0 Å². The van der Waals surface area contributed by atoms with E-state index in [2.05, 4.69) is 20.3 Å². The van der Waals surface area contributed by atoms with Gasteiger partial charge >= 0.3 is 0 Å². The minimum atomic E-state index is -0.378. The smallest absolute Gasteiger partial charge is 0.223 e. The summed E-state index contributed by atoms with van der Waals surface area (Å²) in [5, 5.41) is 3.61. The number of rotatable bonds is 4. The van der Waals surface area contributed by atoms with Crippen LogP contribution in [-0.2, 0) is 7.05 Å². The maximum atomic E-state index is 13.6. The summed E-state index contributed by atoms with van der Waals surface area (Å²) in [6.07, 6.45) is 6.51. The molecular formula is C15H13ClFN5. The highest BCUT2D eigenvalue weighted by atomic mass is 35.5. The Balaban J connectivity index is 2.00. The van der Waals surface area contributed by atoms with Crippen molar-refractivity contribution in [3.63, 3.8) is 0 Å². The maximum Gasteiger partial charge on any atom is 0.223 e. The van der Waals surface area contributed by atoms with E-state index in [0.717, 1.165) is 11.4 Å². The van der Waals surface area contributed by atoms with Crippen molar-refractivity contribution in [1.29, 1.82) is 0 Å². The fourth-order valence-electron chi connectivity index (χ4n) is 2.15. The third kappa shape index (κ3) is 3.07. The Labute approximate surface area is 131 Å². The van der Waals surface area contributed by atoms with Gasteiger partial charge in [-0.2, -0.15) is 0 Å². The first-order chi connectivity index (χ1) is 10.6. The highest BCUT2D eigenvalue weighted by Crippen LogP contribution is 2.24. The van der Waals surface area contributed by atoms with Gasteiger partial charge in [-0.1, -0.05) is 23.7 Å². The lowest BCUT2D eigenvalue weighted by Crippen LogP contribution is -2.18. The third-order valence-electron chi connectivity index (χ3n) is 3.19. The first-order valence-electron chi connectivity index (χ1n) is 6.60. The number of hydrogen-bond donors (Lipinski definition) is 1. The van der Waals surface area contributed by atoms with Crippen LogP contribution in [-0.4, -0.2) is 19.5 Å². The topological polar surface area (TPSA) is 55.6 Å². The first kappa shape index (κ1) is 14.5. The van der Waals surface area contributed by atoms with Crippen LogP contribution in [0.1, 0.15) is 17.4 Å². The Kier molecular flexibility index (Phi) is 4.02. The molecule has 0 unspecified atom stereocenters. The zero-order valence-corrected chi connectivity index (χ0v) is 12.5. The number of aryl methyl sites for hydroxylation is 1. The molecule has 5 nitrogen and oxygen atoms in total. The molecule has 0 bridgehead atoms. The molecule has 7 heteroatoms. The summed E-state index contributed by atoms with van der Waals surface area (Å²) < 4.78 is 15.4. The minimum Gasteiger partial charge on any atom is -0.340 e. The van der Waals surface area contributed by atoms with Crippen molar-refractivity contribution in [2.75, 3.05) is 5.32 Å². The molecule has 2 aromatic heterocycles. The van der Waals surface area contributed by atoms with Crippen LogP contribution in [0.2, 0.25) is 5.02 Å². The lowest BCUT2D eigenvalue weighted by atomic mass is 10.1. The van der Waals surface area contributed by atoms with Crippen LogP contribution in [0, 0.1) is 5.82 Å². The summed E-state index contributed by atoms with van der Waals surface area (Å²) in [5.41, 5.74) is 0.729. The number of imidazole rings is 1. The van der Waals surface area contributed by atoms with Crippen molar-refractivity contribution in [2.24, 2.45) is 7.05 Å². The molecule has 0 aliphatic carbocycles. The zero-order chi connectivity index (χ0) is 15.5. The second-order valence-electron chi connectivity index (χ2n) is 4.75. The van der Waals surface area contributed by atoms with E-state index in [-0.39, 0.29) is 11.9 Å². The van der Waals surface area contributed by atoms with Crippen LogP contribution in [0.25, 0.3) is 0 Å². The molecule has 1 atom stereocenters. The second kappa shape index (κ2) is 6.11. The molecular weight excluding hydrogens is 305 g/mol. The lowest BCUT2D eigenvalue weighted by Gasteiger charge is -2.19. The largest absolute Gasteiger partial charge is 0.340 e. The van der Waals surface area contributed by atoms with Crippen LogP contribution in [0.4, 0.5) is 10.3 Å². The number of anilines is 1. The summed E-state index contributed by atoms with van der Waals surface area (Å²) in [7, 11) is 1.87. The standard InChI is InChI=1S/C15H13ClFN5/c1-22-6-5-18-14(22)13(10-3-2-4-12(17)7-10)21-15-19-8-11(16)9-20-15/h2-9,13H,1H3,(H,19,20,21)/t13-/m0/s1. The van der Waals surface area contributed by atoms with E-state index in [1.165, 1.54) is 24.5 Å². The molecule has 0 fully saturated rings. The SMILES string of the molecule is Cn1ccnc1[C@@H](Nc1ncc(Cl)cn1)c1cccc(F)c1. The zero-order valence-electron chi connectivity index (χ0n) is 11.7. The Morgan fingerprint density at radius 3 is 2.64 bits per heavy atom. The van der Waals surface area contributed by atoms with Gasteiger partial charge in [-0.05, 0) is 17.7 Å². The highest BCUT2D eigenvalue weighted by molar-refractivity contribution is 6.30. The van der Waals surface area contributed by atoms with Crippen molar-refractivity contribution in [3.05, 3.63) is 71.3 Å². The summed E-state index contributed by atoms with van der Waals surface area (Å²) >= 11 is 5.79. The van der Waals surface area contributed by atoms with Gasteiger partial charge in [0.05, 0.1) is 17.4 Å². The average Bonchev–Trinajstić information content (AvgIpc) is 2.92. The van der Waals surface area contributed by atoms with Crippen molar-refractivity contribution in [2.45, 2.75) is 6.04 Å². The van der Waals surface area contributed by atoms with Crippen LogP contribution in [0.15, 0.2) is 49.1 Å². The molecule has 0 saturated carbocycles. The number of benzene rings is 1. The van der Waals surface area contributed by atoms with Crippen molar-refractivity contribution in [3.8, 4) is 0 Å². The second-order valence-corrected chi connectivity index (χ2v) is 5.19. The molecule has 2 heterocycles. The quantitative estimate of drug-likeness (QED) is 0.803. The molecule has 1 N–H and O–H groups in total. The van der Waals surface area contributed by atoms with Gasteiger partial charge in [0, 0.05) is 19.4 Å². The fourth-order valence-corrected chi connectivity index (χ4v) is 2.25. The molecule has 0 spiro atoms.